The minimum atomic E-state index is -0.141. The van der Waals surface area contributed by atoms with Crippen molar-refractivity contribution in [3.8, 4) is 0 Å². The Balaban J connectivity index is 2.04. The van der Waals surface area contributed by atoms with Gasteiger partial charge in [-0.2, -0.15) is 0 Å². The van der Waals surface area contributed by atoms with Crippen molar-refractivity contribution in [2.24, 2.45) is 0 Å². The number of rotatable bonds is 26. The van der Waals surface area contributed by atoms with Crippen molar-refractivity contribution in [3.05, 3.63) is 35.4 Å². The van der Waals surface area contributed by atoms with Crippen LogP contribution in [0.3, 0.4) is 0 Å². The van der Waals surface area contributed by atoms with E-state index in [2.05, 4.69) is 43.4 Å². The Morgan fingerprint density at radius 1 is 0.622 bits per heavy atom. The average Bonchev–Trinajstić information content (AvgIpc) is 2.91. The highest BCUT2D eigenvalue weighted by molar-refractivity contribution is 5.76. The number of benzene rings is 1. The van der Waals surface area contributed by atoms with Gasteiger partial charge in [-0.25, -0.2) is 0 Å². The van der Waals surface area contributed by atoms with E-state index >= 15 is 0 Å². The van der Waals surface area contributed by atoms with Gasteiger partial charge < -0.3 is 10.4 Å². The number of hydrogen-bond donors (Lipinski definition) is 2. The lowest BCUT2D eigenvalue weighted by Gasteiger charge is -2.16. The van der Waals surface area contributed by atoms with Crippen molar-refractivity contribution < 1.29 is 9.90 Å². The minimum absolute atomic E-state index is 0.0143. The highest BCUT2D eigenvalue weighted by atomic mass is 16.3. The first-order chi connectivity index (χ1) is 18.2. The van der Waals surface area contributed by atoms with Crippen molar-refractivity contribution in [1.82, 2.24) is 5.32 Å². The van der Waals surface area contributed by atoms with Crippen LogP contribution in [0.5, 0.6) is 0 Å². The fourth-order valence-corrected chi connectivity index (χ4v) is 5.14. The molecule has 0 saturated heterocycles. The number of hydrogen-bond acceptors (Lipinski definition) is 2. The van der Waals surface area contributed by atoms with E-state index in [1.165, 1.54) is 127 Å². The molecule has 0 heterocycles. The van der Waals surface area contributed by atoms with Crippen LogP contribution in [0.15, 0.2) is 24.3 Å². The van der Waals surface area contributed by atoms with Crippen LogP contribution in [0, 0.1) is 0 Å². The van der Waals surface area contributed by atoms with Crippen LogP contribution in [0.25, 0.3) is 0 Å². The van der Waals surface area contributed by atoms with Gasteiger partial charge in [-0.1, -0.05) is 147 Å². The number of aliphatic hydroxyl groups is 1. The van der Waals surface area contributed by atoms with Crippen LogP contribution >= 0.6 is 0 Å². The fourth-order valence-electron chi connectivity index (χ4n) is 5.14. The molecule has 0 fully saturated rings. The number of aryl methyl sites for hydroxylation is 2. The third kappa shape index (κ3) is 20.3. The highest BCUT2D eigenvalue weighted by Crippen LogP contribution is 2.14. The maximum atomic E-state index is 12.3. The Labute approximate surface area is 230 Å². The van der Waals surface area contributed by atoms with Gasteiger partial charge in [0.1, 0.15) is 0 Å². The Bertz CT molecular complexity index is 627. The first-order valence-corrected chi connectivity index (χ1v) is 16.2. The molecule has 0 aliphatic carbocycles. The van der Waals surface area contributed by atoms with E-state index in [4.69, 9.17) is 0 Å². The van der Waals surface area contributed by atoms with Gasteiger partial charge in [-0.3, -0.25) is 4.79 Å². The summed E-state index contributed by atoms with van der Waals surface area (Å²) in [6.45, 7) is 4.55. The fraction of sp³-hybridized carbons (Fsp3) is 0.794. The largest absolute Gasteiger partial charge is 0.394 e. The summed E-state index contributed by atoms with van der Waals surface area (Å²) in [5.41, 5.74) is 2.71. The predicted octanol–water partition coefficient (Wildman–Crippen LogP) is 9.48. The maximum Gasteiger partial charge on any atom is 0.220 e. The molecule has 0 aromatic heterocycles. The quantitative estimate of drug-likeness (QED) is 0.121. The summed E-state index contributed by atoms with van der Waals surface area (Å²) < 4.78 is 0. The molecule has 1 aromatic rings. The Morgan fingerprint density at radius 3 is 1.49 bits per heavy atom. The van der Waals surface area contributed by atoms with Crippen molar-refractivity contribution in [3.63, 3.8) is 0 Å². The third-order valence-corrected chi connectivity index (χ3v) is 7.72. The lowest BCUT2D eigenvalue weighted by atomic mass is 10.0. The van der Waals surface area contributed by atoms with Crippen LogP contribution in [0.1, 0.15) is 160 Å². The Hall–Kier alpha value is -1.35. The summed E-state index contributed by atoms with van der Waals surface area (Å²) in [6, 6.07) is 8.80. The summed E-state index contributed by atoms with van der Waals surface area (Å²) in [4.78, 5) is 12.3. The second kappa shape index (κ2) is 25.0. The Kier molecular flexibility index (Phi) is 22.7. The number of aliphatic hydroxyl groups excluding tert-OH is 1. The number of carbonyl (C=O) groups is 1. The molecule has 0 radical (unpaired) electrons. The molecule has 0 saturated carbocycles. The normalized spacial score (nSPS) is 12.1. The average molecular weight is 516 g/mol. The van der Waals surface area contributed by atoms with Crippen molar-refractivity contribution >= 4 is 5.91 Å². The molecule has 0 aliphatic heterocycles. The van der Waals surface area contributed by atoms with E-state index in [1.807, 2.05) is 0 Å². The predicted molar refractivity (Wildman–Crippen MR) is 161 cm³/mol. The van der Waals surface area contributed by atoms with Gasteiger partial charge in [-0.15, -0.1) is 0 Å². The van der Waals surface area contributed by atoms with E-state index < -0.39 is 0 Å². The molecule has 3 nitrogen and oxygen atoms in total. The smallest absolute Gasteiger partial charge is 0.220 e. The van der Waals surface area contributed by atoms with Gasteiger partial charge in [0, 0.05) is 6.42 Å². The van der Waals surface area contributed by atoms with Gasteiger partial charge >= 0.3 is 0 Å². The number of nitrogens with one attached hydrogen (secondary N) is 1. The van der Waals surface area contributed by atoms with Gasteiger partial charge in [0.05, 0.1) is 12.6 Å². The molecular formula is C34H61NO2. The van der Waals surface area contributed by atoms with Crippen LogP contribution in [0.4, 0.5) is 0 Å². The monoisotopic (exact) mass is 515 g/mol. The van der Waals surface area contributed by atoms with Crippen molar-refractivity contribution in [2.75, 3.05) is 6.61 Å². The van der Waals surface area contributed by atoms with Gasteiger partial charge in [0.25, 0.3) is 0 Å². The molecular weight excluding hydrogens is 454 g/mol. The summed E-state index contributed by atoms with van der Waals surface area (Å²) in [5.74, 6) is 0.0939. The first kappa shape index (κ1) is 33.7. The molecule has 37 heavy (non-hydrogen) atoms. The molecule has 0 spiro atoms. The standard InChI is InChI=1S/C34H61NO2/c1-3-5-7-9-11-12-13-14-15-16-17-19-21-23-34(37)35-33(30-36)29-28-32-26-24-31(25-27-32)22-20-18-10-8-6-4-2/h24-27,33,36H,3-23,28-30H2,1-2H3,(H,35,37). The Morgan fingerprint density at radius 2 is 1.03 bits per heavy atom. The molecule has 0 aliphatic rings. The maximum absolute atomic E-state index is 12.3. The van der Waals surface area contributed by atoms with Gasteiger partial charge in [-0.05, 0) is 43.2 Å². The van der Waals surface area contributed by atoms with Crippen LogP contribution in [0.2, 0.25) is 0 Å². The second-order valence-electron chi connectivity index (χ2n) is 11.3. The molecule has 1 aromatic carbocycles. The number of unbranched alkanes of at least 4 members (excludes halogenated alkanes) is 17. The van der Waals surface area contributed by atoms with E-state index in [0.717, 1.165) is 25.7 Å². The van der Waals surface area contributed by atoms with Gasteiger partial charge in [0.2, 0.25) is 5.91 Å². The molecule has 2 N–H and O–H groups in total. The molecule has 1 unspecified atom stereocenters. The molecule has 1 rings (SSSR count). The molecule has 0 bridgehead atoms. The molecule has 3 heteroatoms. The zero-order chi connectivity index (χ0) is 26.8. The minimum Gasteiger partial charge on any atom is -0.394 e. The summed E-state index contributed by atoms with van der Waals surface area (Å²) in [6.07, 6.45) is 28.6. The SMILES string of the molecule is CCCCCCCCCCCCCCCC(=O)NC(CO)CCc1ccc(CCCCCCCC)cc1. The number of amides is 1. The first-order valence-electron chi connectivity index (χ1n) is 16.2. The van der Waals surface area contributed by atoms with Gasteiger partial charge in [0.15, 0.2) is 0 Å². The van der Waals surface area contributed by atoms with Crippen LogP contribution < -0.4 is 5.32 Å². The van der Waals surface area contributed by atoms with Crippen molar-refractivity contribution in [2.45, 2.75) is 168 Å². The van der Waals surface area contributed by atoms with Crippen molar-refractivity contribution in [1.29, 1.82) is 0 Å². The van der Waals surface area contributed by atoms with Crippen LogP contribution in [-0.4, -0.2) is 23.7 Å². The summed E-state index contributed by atoms with van der Waals surface area (Å²) >= 11 is 0. The lowest BCUT2D eigenvalue weighted by Crippen LogP contribution is -2.37. The third-order valence-electron chi connectivity index (χ3n) is 7.72. The van der Waals surface area contributed by atoms with Crippen LogP contribution in [-0.2, 0) is 17.6 Å². The van der Waals surface area contributed by atoms with E-state index in [1.54, 1.807) is 0 Å². The van der Waals surface area contributed by atoms with E-state index in [-0.39, 0.29) is 18.6 Å². The molecule has 1 amide bonds. The molecule has 214 valence electrons. The summed E-state index contributed by atoms with van der Waals surface area (Å²) in [5, 5.41) is 12.8. The highest BCUT2D eigenvalue weighted by Gasteiger charge is 2.11. The zero-order valence-corrected chi connectivity index (χ0v) is 24.7. The second-order valence-corrected chi connectivity index (χ2v) is 11.3. The summed E-state index contributed by atoms with van der Waals surface area (Å²) in [7, 11) is 0. The lowest BCUT2D eigenvalue weighted by molar-refractivity contribution is -0.122. The van der Waals surface area contributed by atoms with E-state index in [9.17, 15) is 9.90 Å². The zero-order valence-electron chi connectivity index (χ0n) is 24.7. The molecule has 1 atom stereocenters. The number of carbonyl (C=O) groups excluding carboxylic acids is 1. The van der Waals surface area contributed by atoms with E-state index in [0.29, 0.717) is 6.42 Å². The topological polar surface area (TPSA) is 49.3 Å².